The van der Waals surface area contributed by atoms with E-state index in [1.807, 2.05) is 6.92 Å². The second kappa shape index (κ2) is 4.97. The molecule has 102 valence electrons. The summed E-state index contributed by atoms with van der Waals surface area (Å²) in [6.07, 6.45) is 3.40. The van der Waals surface area contributed by atoms with Crippen molar-refractivity contribution >= 4 is 10.9 Å². The van der Waals surface area contributed by atoms with Gasteiger partial charge in [-0.1, -0.05) is 0 Å². The van der Waals surface area contributed by atoms with Crippen LogP contribution in [0.3, 0.4) is 0 Å². The summed E-state index contributed by atoms with van der Waals surface area (Å²) in [5, 5.41) is 4.42. The molecule has 0 aliphatic carbocycles. The SMILES string of the molecule is Cc1[nH]c2c(F)cc(CC3CCNCC3)cc2c1C. The average molecular weight is 260 g/mol. The highest BCUT2D eigenvalue weighted by Gasteiger charge is 2.16. The summed E-state index contributed by atoms with van der Waals surface area (Å²) in [7, 11) is 0. The van der Waals surface area contributed by atoms with Crippen LogP contribution >= 0.6 is 0 Å². The van der Waals surface area contributed by atoms with Crippen LogP contribution in [0.1, 0.15) is 29.7 Å². The summed E-state index contributed by atoms with van der Waals surface area (Å²) >= 11 is 0. The van der Waals surface area contributed by atoms with Crippen LogP contribution in [-0.4, -0.2) is 18.1 Å². The Morgan fingerprint density at radius 3 is 2.68 bits per heavy atom. The molecule has 0 amide bonds. The smallest absolute Gasteiger partial charge is 0.147 e. The molecule has 2 nitrogen and oxygen atoms in total. The molecule has 0 spiro atoms. The van der Waals surface area contributed by atoms with Crippen molar-refractivity contribution in [3.8, 4) is 0 Å². The molecular weight excluding hydrogens is 239 g/mol. The zero-order chi connectivity index (χ0) is 13.4. The molecule has 1 aromatic carbocycles. The third kappa shape index (κ3) is 2.39. The Hall–Kier alpha value is -1.35. The fourth-order valence-corrected chi connectivity index (χ4v) is 3.11. The van der Waals surface area contributed by atoms with Crippen molar-refractivity contribution in [1.82, 2.24) is 10.3 Å². The highest BCUT2D eigenvalue weighted by molar-refractivity contribution is 5.85. The molecule has 1 aliphatic rings. The number of piperidine rings is 1. The van der Waals surface area contributed by atoms with E-state index in [1.165, 1.54) is 18.4 Å². The van der Waals surface area contributed by atoms with Crippen molar-refractivity contribution in [2.24, 2.45) is 5.92 Å². The predicted octanol–water partition coefficient (Wildman–Crippen LogP) is 3.47. The first-order valence-corrected chi connectivity index (χ1v) is 7.13. The van der Waals surface area contributed by atoms with Crippen molar-refractivity contribution in [3.63, 3.8) is 0 Å². The fraction of sp³-hybridized carbons (Fsp3) is 0.500. The van der Waals surface area contributed by atoms with E-state index in [9.17, 15) is 4.39 Å². The average Bonchev–Trinajstić information content (AvgIpc) is 2.68. The van der Waals surface area contributed by atoms with Gasteiger partial charge in [0.05, 0.1) is 5.52 Å². The van der Waals surface area contributed by atoms with E-state index in [2.05, 4.69) is 23.3 Å². The third-order valence-electron chi connectivity index (χ3n) is 4.41. The minimum atomic E-state index is -0.113. The highest BCUT2D eigenvalue weighted by Crippen LogP contribution is 2.27. The van der Waals surface area contributed by atoms with Crippen LogP contribution in [0.2, 0.25) is 0 Å². The molecule has 3 heteroatoms. The van der Waals surface area contributed by atoms with E-state index in [1.54, 1.807) is 6.07 Å². The van der Waals surface area contributed by atoms with E-state index in [0.29, 0.717) is 11.4 Å². The first-order chi connectivity index (χ1) is 9.15. The van der Waals surface area contributed by atoms with E-state index in [4.69, 9.17) is 0 Å². The monoisotopic (exact) mass is 260 g/mol. The van der Waals surface area contributed by atoms with E-state index in [0.717, 1.165) is 36.2 Å². The number of hydrogen-bond donors (Lipinski definition) is 2. The van der Waals surface area contributed by atoms with Gasteiger partial charge in [0.15, 0.2) is 0 Å². The Labute approximate surface area is 113 Å². The normalized spacial score (nSPS) is 17.2. The van der Waals surface area contributed by atoms with Crippen molar-refractivity contribution in [1.29, 1.82) is 0 Å². The maximum atomic E-state index is 14.2. The Morgan fingerprint density at radius 2 is 1.95 bits per heavy atom. The van der Waals surface area contributed by atoms with E-state index in [-0.39, 0.29) is 5.82 Å². The number of benzene rings is 1. The van der Waals surface area contributed by atoms with Gasteiger partial charge in [-0.05, 0) is 75.4 Å². The lowest BCUT2D eigenvalue weighted by molar-refractivity contribution is 0.372. The lowest BCUT2D eigenvalue weighted by Crippen LogP contribution is -2.28. The fourth-order valence-electron chi connectivity index (χ4n) is 3.11. The van der Waals surface area contributed by atoms with Gasteiger partial charge in [0.25, 0.3) is 0 Å². The van der Waals surface area contributed by atoms with Crippen LogP contribution in [0.15, 0.2) is 12.1 Å². The van der Waals surface area contributed by atoms with Crippen LogP contribution in [-0.2, 0) is 6.42 Å². The minimum absolute atomic E-state index is 0.113. The molecule has 1 saturated heterocycles. The van der Waals surface area contributed by atoms with Gasteiger partial charge in [0, 0.05) is 11.1 Å². The molecular formula is C16H21FN2. The van der Waals surface area contributed by atoms with Gasteiger partial charge in [-0.25, -0.2) is 4.39 Å². The molecule has 2 aromatic rings. The second-order valence-electron chi connectivity index (χ2n) is 5.77. The van der Waals surface area contributed by atoms with Gasteiger partial charge in [0.2, 0.25) is 0 Å². The van der Waals surface area contributed by atoms with Crippen molar-refractivity contribution in [3.05, 3.63) is 34.8 Å². The van der Waals surface area contributed by atoms with Crippen LogP contribution in [0.25, 0.3) is 10.9 Å². The predicted molar refractivity (Wildman–Crippen MR) is 77.0 cm³/mol. The summed E-state index contributed by atoms with van der Waals surface area (Å²) < 4.78 is 14.2. The Balaban J connectivity index is 1.93. The van der Waals surface area contributed by atoms with Crippen molar-refractivity contribution in [2.75, 3.05) is 13.1 Å². The maximum Gasteiger partial charge on any atom is 0.147 e. The molecule has 19 heavy (non-hydrogen) atoms. The van der Waals surface area contributed by atoms with Gasteiger partial charge >= 0.3 is 0 Å². The molecule has 0 radical (unpaired) electrons. The first kappa shape index (κ1) is 12.7. The molecule has 2 N–H and O–H groups in total. The first-order valence-electron chi connectivity index (χ1n) is 7.13. The summed E-state index contributed by atoms with van der Waals surface area (Å²) in [6.45, 7) is 6.25. The number of hydrogen-bond acceptors (Lipinski definition) is 1. The maximum absolute atomic E-state index is 14.2. The van der Waals surface area contributed by atoms with Gasteiger partial charge in [0.1, 0.15) is 5.82 Å². The Morgan fingerprint density at radius 1 is 1.21 bits per heavy atom. The summed E-state index contributed by atoms with van der Waals surface area (Å²) in [5.41, 5.74) is 4.03. The molecule has 2 heterocycles. The van der Waals surface area contributed by atoms with Gasteiger partial charge in [-0.3, -0.25) is 0 Å². The van der Waals surface area contributed by atoms with Gasteiger partial charge in [-0.2, -0.15) is 0 Å². The summed E-state index contributed by atoms with van der Waals surface area (Å²) in [5.74, 6) is 0.580. The van der Waals surface area contributed by atoms with Crippen LogP contribution in [0.4, 0.5) is 4.39 Å². The van der Waals surface area contributed by atoms with Gasteiger partial charge < -0.3 is 10.3 Å². The summed E-state index contributed by atoms with van der Waals surface area (Å²) in [4.78, 5) is 3.14. The number of aryl methyl sites for hydroxylation is 2. The largest absolute Gasteiger partial charge is 0.356 e. The quantitative estimate of drug-likeness (QED) is 0.850. The lowest BCUT2D eigenvalue weighted by Gasteiger charge is -2.22. The second-order valence-corrected chi connectivity index (χ2v) is 5.77. The zero-order valence-electron chi connectivity index (χ0n) is 11.6. The Kier molecular flexibility index (Phi) is 3.31. The summed E-state index contributed by atoms with van der Waals surface area (Å²) in [6, 6.07) is 3.87. The molecule has 0 bridgehead atoms. The van der Waals surface area contributed by atoms with Crippen LogP contribution in [0.5, 0.6) is 0 Å². The van der Waals surface area contributed by atoms with E-state index >= 15 is 0 Å². The van der Waals surface area contributed by atoms with Gasteiger partial charge in [-0.15, -0.1) is 0 Å². The number of nitrogens with one attached hydrogen (secondary N) is 2. The zero-order valence-corrected chi connectivity index (χ0v) is 11.6. The highest BCUT2D eigenvalue weighted by atomic mass is 19.1. The molecule has 1 fully saturated rings. The molecule has 0 saturated carbocycles. The molecule has 1 aromatic heterocycles. The molecule has 0 unspecified atom stereocenters. The molecule has 1 aliphatic heterocycles. The molecule has 3 rings (SSSR count). The van der Waals surface area contributed by atoms with Crippen LogP contribution in [0, 0.1) is 25.6 Å². The minimum Gasteiger partial charge on any atom is -0.356 e. The number of fused-ring (bicyclic) bond motifs is 1. The number of aromatic nitrogens is 1. The third-order valence-corrected chi connectivity index (χ3v) is 4.41. The topological polar surface area (TPSA) is 27.8 Å². The van der Waals surface area contributed by atoms with E-state index < -0.39 is 0 Å². The number of aromatic amines is 1. The van der Waals surface area contributed by atoms with Crippen LogP contribution < -0.4 is 5.32 Å². The number of rotatable bonds is 2. The lowest BCUT2D eigenvalue weighted by atomic mass is 9.90. The van der Waals surface area contributed by atoms with Crippen molar-refractivity contribution < 1.29 is 4.39 Å². The van der Waals surface area contributed by atoms with Crippen molar-refractivity contribution in [2.45, 2.75) is 33.1 Å². The molecule has 0 atom stereocenters. The number of H-pyrrole nitrogens is 1. The number of halogens is 1. The Bertz CT molecular complexity index is 594. The standard InChI is InChI=1S/C16H21FN2/c1-10-11(2)19-16-14(10)8-13(9-15(16)17)7-12-3-5-18-6-4-12/h8-9,12,18-19H,3-7H2,1-2H3.